The number of hydrogen-bond acceptors (Lipinski definition) is 3. The van der Waals surface area contributed by atoms with Crippen molar-refractivity contribution in [2.45, 2.75) is 26.9 Å². The molecule has 0 aliphatic carbocycles. The Balaban J connectivity index is 1.84. The zero-order chi connectivity index (χ0) is 22.9. The third-order valence-corrected chi connectivity index (χ3v) is 6.10. The van der Waals surface area contributed by atoms with Crippen LogP contribution in [-0.4, -0.2) is 29.8 Å². The number of anilines is 1. The highest BCUT2D eigenvalue weighted by Crippen LogP contribution is 2.23. The molecule has 3 rings (SSSR count). The smallest absolute Gasteiger partial charge is 0.255 e. The summed E-state index contributed by atoms with van der Waals surface area (Å²) in [5, 5.41) is 6.09. The highest BCUT2D eigenvalue weighted by atomic mass is 127. The lowest BCUT2D eigenvalue weighted by Crippen LogP contribution is -2.27. The first-order chi connectivity index (χ1) is 15.5. The van der Waals surface area contributed by atoms with Gasteiger partial charge >= 0.3 is 0 Å². The Morgan fingerprint density at radius 1 is 0.812 bits per heavy atom. The molecule has 0 aliphatic rings. The van der Waals surface area contributed by atoms with Gasteiger partial charge in [0.05, 0.1) is 0 Å². The summed E-state index contributed by atoms with van der Waals surface area (Å²) in [4.78, 5) is 27.7. The predicted octanol–water partition coefficient (Wildman–Crippen LogP) is 5.32. The highest BCUT2D eigenvalue weighted by Gasteiger charge is 2.15. The summed E-state index contributed by atoms with van der Waals surface area (Å²) >= 11 is 2.22. The minimum absolute atomic E-state index is 0.118. The van der Waals surface area contributed by atoms with Crippen molar-refractivity contribution in [2.24, 2.45) is 0 Å². The van der Waals surface area contributed by atoms with E-state index in [-0.39, 0.29) is 11.8 Å². The van der Waals surface area contributed by atoms with Crippen molar-refractivity contribution in [3.05, 3.63) is 98.6 Å². The van der Waals surface area contributed by atoms with E-state index in [2.05, 4.69) is 52.0 Å². The van der Waals surface area contributed by atoms with Gasteiger partial charge in [-0.1, -0.05) is 44.2 Å². The van der Waals surface area contributed by atoms with E-state index >= 15 is 0 Å². The summed E-state index contributed by atoms with van der Waals surface area (Å²) in [5.41, 5.74) is 4.01. The number of nitrogens with zero attached hydrogens (tertiary/aromatic N) is 1. The summed E-state index contributed by atoms with van der Waals surface area (Å²) in [6, 6.07) is 22.5. The third-order valence-electron chi connectivity index (χ3n) is 5.38. The molecule has 0 aromatic heterocycles. The lowest BCUT2D eigenvalue weighted by Gasteiger charge is -2.23. The monoisotopic (exact) mass is 541 g/mol. The Kier molecular flexibility index (Phi) is 8.81. The van der Waals surface area contributed by atoms with Crippen LogP contribution in [0.5, 0.6) is 0 Å². The van der Waals surface area contributed by atoms with Crippen molar-refractivity contribution >= 4 is 40.1 Å². The minimum atomic E-state index is -0.146. The first kappa shape index (κ1) is 23.9. The van der Waals surface area contributed by atoms with Crippen LogP contribution in [-0.2, 0) is 13.1 Å². The van der Waals surface area contributed by atoms with Gasteiger partial charge in [-0.15, -0.1) is 0 Å². The van der Waals surface area contributed by atoms with Crippen molar-refractivity contribution in [2.75, 3.05) is 18.4 Å². The molecule has 0 aliphatic heterocycles. The standard InChI is InChI=1S/C26H28IN3O2/c1-3-30(4-2)18-23-21(17-28-25(31)19-9-6-5-7-10-19)11-8-12-24(23)29-26(32)20-13-15-22(27)16-14-20/h5-16H,3-4,17-18H2,1-2H3,(H,28,31)(H,29,32). The van der Waals surface area contributed by atoms with Crippen LogP contribution in [0.25, 0.3) is 0 Å². The van der Waals surface area contributed by atoms with Crippen molar-refractivity contribution < 1.29 is 9.59 Å². The first-order valence-corrected chi connectivity index (χ1v) is 11.8. The number of carbonyl (C=O) groups excluding carboxylic acids is 2. The fourth-order valence-corrected chi connectivity index (χ4v) is 3.80. The molecule has 0 saturated carbocycles. The Hall–Kier alpha value is -2.71. The molecule has 3 aromatic rings. The molecule has 0 spiro atoms. The molecule has 2 amide bonds. The predicted molar refractivity (Wildman–Crippen MR) is 138 cm³/mol. The second-order valence-electron chi connectivity index (χ2n) is 7.41. The molecule has 5 nitrogen and oxygen atoms in total. The van der Waals surface area contributed by atoms with Crippen molar-refractivity contribution in [1.29, 1.82) is 0 Å². The number of hydrogen-bond donors (Lipinski definition) is 2. The zero-order valence-corrected chi connectivity index (χ0v) is 20.6. The van der Waals surface area contributed by atoms with Gasteiger partial charge in [-0.05, 0) is 89.3 Å². The van der Waals surface area contributed by atoms with Crippen LogP contribution >= 0.6 is 22.6 Å². The number of carbonyl (C=O) groups is 2. The number of amides is 2. The molecule has 2 N–H and O–H groups in total. The highest BCUT2D eigenvalue weighted by molar-refractivity contribution is 14.1. The van der Waals surface area contributed by atoms with Gasteiger partial charge in [-0.2, -0.15) is 0 Å². The fraction of sp³-hybridized carbons (Fsp3) is 0.231. The summed E-state index contributed by atoms with van der Waals surface area (Å²) in [6.07, 6.45) is 0. The van der Waals surface area contributed by atoms with Crippen molar-refractivity contribution in [3.63, 3.8) is 0 Å². The molecule has 0 bridgehead atoms. The largest absolute Gasteiger partial charge is 0.348 e. The van der Waals surface area contributed by atoms with E-state index in [0.29, 0.717) is 24.2 Å². The Morgan fingerprint density at radius 3 is 2.12 bits per heavy atom. The second-order valence-corrected chi connectivity index (χ2v) is 8.66. The van der Waals surface area contributed by atoms with Gasteiger partial charge in [-0.25, -0.2) is 0 Å². The van der Waals surface area contributed by atoms with E-state index in [1.165, 1.54) is 0 Å². The number of benzene rings is 3. The molecular formula is C26H28IN3O2. The zero-order valence-electron chi connectivity index (χ0n) is 18.4. The molecule has 0 atom stereocenters. The normalized spacial score (nSPS) is 10.8. The molecule has 3 aromatic carbocycles. The summed E-state index contributed by atoms with van der Waals surface area (Å²) in [6.45, 7) is 7.10. The van der Waals surface area contributed by atoms with E-state index in [1.54, 1.807) is 12.1 Å². The Bertz CT molecular complexity index is 1050. The number of halogens is 1. The maximum atomic E-state index is 12.9. The fourth-order valence-electron chi connectivity index (χ4n) is 3.44. The van der Waals surface area contributed by atoms with Crippen LogP contribution in [0.4, 0.5) is 5.69 Å². The van der Waals surface area contributed by atoms with E-state index in [0.717, 1.165) is 33.5 Å². The molecule has 6 heteroatoms. The van der Waals surface area contributed by atoms with E-state index < -0.39 is 0 Å². The molecule has 0 unspecified atom stereocenters. The van der Waals surface area contributed by atoms with Crippen LogP contribution in [0.3, 0.4) is 0 Å². The first-order valence-electron chi connectivity index (χ1n) is 10.7. The molecule has 0 radical (unpaired) electrons. The van der Waals surface area contributed by atoms with Crippen LogP contribution in [0, 0.1) is 3.57 Å². The molecule has 0 heterocycles. The molecule has 0 saturated heterocycles. The van der Waals surface area contributed by atoms with Crippen LogP contribution in [0.15, 0.2) is 72.8 Å². The number of rotatable bonds is 9. The van der Waals surface area contributed by atoms with Crippen molar-refractivity contribution in [1.82, 2.24) is 10.2 Å². The quantitative estimate of drug-likeness (QED) is 0.361. The van der Waals surface area contributed by atoms with Crippen molar-refractivity contribution in [3.8, 4) is 0 Å². The maximum Gasteiger partial charge on any atom is 0.255 e. The van der Waals surface area contributed by atoms with Gasteiger partial charge in [0, 0.05) is 33.5 Å². The topological polar surface area (TPSA) is 61.4 Å². The lowest BCUT2D eigenvalue weighted by molar-refractivity contribution is 0.0949. The van der Waals surface area contributed by atoms with E-state index in [9.17, 15) is 9.59 Å². The maximum absolute atomic E-state index is 12.9. The van der Waals surface area contributed by atoms with E-state index in [4.69, 9.17) is 0 Å². The second kappa shape index (κ2) is 11.8. The average molecular weight is 541 g/mol. The molecule has 32 heavy (non-hydrogen) atoms. The van der Waals surface area contributed by atoms with Gasteiger partial charge in [0.15, 0.2) is 0 Å². The lowest BCUT2D eigenvalue weighted by atomic mass is 10.0. The van der Waals surface area contributed by atoms with Gasteiger partial charge < -0.3 is 10.6 Å². The molecule has 0 fully saturated rings. The average Bonchev–Trinajstić information content (AvgIpc) is 2.82. The summed E-state index contributed by atoms with van der Waals surface area (Å²) < 4.78 is 1.08. The summed E-state index contributed by atoms with van der Waals surface area (Å²) in [5.74, 6) is -0.264. The Labute approximate surface area is 203 Å². The third kappa shape index (κ3) is 6.40. The molecule has 166 valence electrons. The van der Waals surface area contributed by atoms with Gasteiger partial charge in [0.25, 0.3) is 11.8 Å². The summed E-state index contributed by atoms with van der Waals surface area (Å²) in [7, 11) is 0. The Morgan fingerprint density at radius 2 is 1.47 bits per heavy atom. The molecular weight excluding hydrogens is 513 g/mol. The van der Waals surface area contributed by atoms with Crippen LogP contribution in [0.1, 0.15) is 45.7 Å². The van der Waals surface area contributed by atoms with Gasteiger partial charge in [0.2, 0.25) is 0 Å². The van der Waals surface area contributed by atoms with Crippen LogP contribution < -0.4 is 10.6 Å². The van der Waals surface area contributed by atoms with Gasteiger partial charge in [0.1, 0.15) is 0 Å². The van der Waals surface area contributed by atoms with Gasteiger partial charge in [-0.3, -0.25) is 14.5 Å². The van der Waals surface area contributed by atoms with Crippen LogP contribution in [0.2, 0.25) is 0 Å². The SMILES string of the molecule is CCN(CC)Cc1c(CNC(=O)c2ccccc2)cccc1NC(=O)c1ccc(I)cc1. The minimum Gasteiger partial charge on any atom is -0.348 e. The van der Waals surface area contributed by atoms with E-state index in [1.807, 2.05) is 60.7 Å². The number of nitrogens with one attached hydrogen (secondary N) is 2.